The number of benzene rings is 1. The molecule has 2 heterocycles. The summed E-state index contributed by atoms with van der Waals surface area (Å²) >= 11 is 3.51. The van der Waals surface area contributed by atoms with Crippen LogP contribution >= 0.6 is 15.9 Å². The van der Waals surface area contributed by atoms with Gasteiger partial charge in [0.25, 0.3) is 0 Å². The monoisotopic (exact) mass is 371 g/mol. The average Bonchev–Trinajstić information content (AvgIpc) is 2.58. The van der Waals surface area contributed by atoms with E-state index in [1.807, 2.05) is 24.3 Å². The number of ether oxygens (including phenoxy) is 1. The molecule has 0 radical (unpaired) electrons. The van der Waals surface area contributed by atoms with E-state index >= 15 is 0 Å². The van der Waals surface area contributed by atoms with Gasteiger partial charge in [0.05, 0.1) is 0 Å². The van der Waals surface area contributed by atoms with Crippen molar-refractivity contribution in [1.29, 1.82) is 0 Å². The number of aromatic nitrogens is 3. The molecule has 0 aliphatic heterocycles. The van der Waals surface area contributed by atoms with Gasteiger partial charge in [-0.25, -0.2) is 4.98 Å². The Morgan fingerprint density at radius 3 is 2.96 bits per heavy atom. The number of hydrogen-bond donors (Lipinski definition) is 2. The molecule has 6 nitrogen and oxygen atoms in total. The zero-order chi connectivity index (χ0) is 16.2. The second-order valence-electron chi connectivity index (χ2n) is 4.66. The number of halogens is 1. The lowest BCUT2D eigenvalue weighted by Gasteiger charge is -2.12. The standard InChI is InChI=1S/C16H14BrN5O/c1-2-7-20-15-13(18)16(22-9-21-15)23-12-6-5-11(17)10-4-3-8-19-14(10)12/h2-6,8-9H,1,7,18H2,(H,20,21,22). The second kappa shape index (κ2) is 6.62. The molecule has 0 spiro atoms. The van der Waals surface area contributed by atoms with Crippen LogP contribution in [-0.4, -0.2) is 21.5 Å². The summed E-state index contributed by atoms with van der Waals surface area (Å²) in [7, 11) is 0. The molecule has 3 N–H and O–H groups in total. The molecule has 0 saturated heterocycles. The molecule has 116 valence electrons. The van der Waals surface area contributed by atoms with E-state index in [-0.39, 0.29) is 5.88 Å². The smallest absolute Gasteiger partial charge is 0.248 e. The molecule has 0 amide bonds. The summed E-state index contributed by atoms with van der Waals surface area (Å²) < 4.78 is 6.81. The number of nitrogens with one attached hydrogen (secondary N) is 1. The van der Waals surface area contributed by atoms with Crippen LogP contribution in [0.4, 0.5) is 11.5 Å². The minimum atomic E-state index is 0.279. The molecule has 23 heavy (non-hydrogen) atoms. The maximum atomic E-state index is 6.07. The van der Waals surface area contributed by atoms with Crippen molar-refractivity contribution in [2.24, 2.45) is 0 Å². The fourth-order valence-corrected chi connectivity index (χ4v) is 2.52. The first-order chi connectivity index (χ1) is 11.2. The fraction of sp³-hybridized carbons (Fsp3) is 0.0625. The van der Waals surface area contributed by atoms with Gasteiger partial charge in [-0.05, 0) is 18.2 Å². The Morgan fingerprint density at radius 1 is 1.26 bits per heavy atom. The number of anilines is 2. The maximum absolute atomic E-state index is 6.07. The molecule has 0 atom stereocenters. The van der Waals surface area contributed by atoms with E-state index in [2.05, 4.69) is 42.8 Å². The van der Waals surface area contributed by atoms with Gasteiger partial charge < -0.3 is 15.8 Å². The lowest BCUT2D eigenvalue weighted by molar-refractivity contribution is 0.468. The van der Waals surface area contributed by atoms with Gasteiger partial charge in [0.1, 0.15) is 17.5 Å². The minimum Gasteiger partial charge on any atom is -0.435 e. The maximum Gasteiger partial charge on any atom is 0.248 e. The Morgan fingerprint density at radius 2 is 2.13 bits per heavy atom. The molecule has 0 aliphatic rings. The Bertz CT molecular complexity index is 868. The van der Waals surface area contributed by atoms with Gasteiger partial charge in [0, 0.05) is 22.6 Å². The number of fused-ring (bicyclic) bond motifs is 1. The van der Waals surface area contributed by atoms with Crippen LogP contribution < -0.4 is 15.8 Å². The topological polar surface area (TPSA) is 86.0 Å². The molecule has 1 aromatic carbocycles. The third-order valence-electron chi connectivity index (χ3n) is 3.15. The van der Waals surface area contributed by atoms with Gasteiger partial charge >= 0.3 is 0 Å². The number of nitrogen functional groups attached to an aromatic ring is 1. The largest absolute Gasteiger partial charge is 0.435 e. The summed E-state index contributed by atoms with van der Waals surface area (Å²) in [5.74, 6) is 1.36. The summed E-state index contributed by atoms with van der Waals surface area (Å²) in [6.45, 7) is 4.19. The number of nitrogens with two attached hydrogens (primary N) is 1. The van der Waals surface area contributed by atoms with Gasteiger partial charge in [-0.15, -0.1) is 6.58 Å². The average molecular weight is 372 g/mol. The Hall–Kier alpha value is -2.67. The van der Waals surface area contributed by atoms with E-state index in [0.29, 0.717) is 23.8 Å². The summed E-state index contributed by atoms with van der Waals surface area (Å²) in [6, 6.07) is 7.54. The van der Waals surface area contributed by atoms with Crippen molar-refractivity contribution in [3.05, 3.63) is 53.9 Å². The first-order valence-corrected chi connectivity index (χ1v) is 7.66. The molecule has 2 aromatic heterocycles. The number of pyridine rings is 1. The number of hydrogen-bond acceptors (Lipinski definition) is 6. The van der Waals surface area contributed by atoms with Crippen LogP contribution in [0.1, 0.15) is 0 Å². The van der Waals surface area contributed by atoms with E-state index in [4.69, 9.17) is 10.5 Å². The molecule has 3 aromatic rings. The first-order valence-electron chi connectivity index (χ1n) is 6.87. The quantitative estimate of drug-likeness (QED) is 0.664. The van der Waals surface area contributed by atoms with E-state index in [1.165, 1.54) is 6.33 Å². The highest BCUT2D eigenvalue weighted by molar-refractivity contribution is 9.10. The number of rotatable bonds is 5. The van der Waals surface area contributed by atoms with Crippen molar-refractivity contribution < 1.29 is 4.74 Å². The molecule has 0 bridgehead atoms. The van der Waals surface area contributed by atoms with Gasteiger partial charge in [-0.1, -0.05) is 28.1 Å². The SMILES string of the molecule is C=CCNc1ncnc(Oc2ccc(Br)c3cccnc23)c1N. The van der Waals surface area contributed by atoms with E-state index in [0.717, 1.165) is 15.4 Å². The summed E-state index contributed by atoms with van der Waals surface area (Å²) in [5, 5.41) is 3.98. The number of nitrogens with zero attached hydrogens (tertiary/aromatic N) is 3. The van der Waals surface area contributed by atoms with E-state index in [9.17, 15) is 0 Å². The Balaban J connectivity index is 2.00. The first kappa shape index (κ1) is 15.2. The Labute approximate surface area is 141 Å². The molecule has 0 unspecified atom stereocenters. The zero-order valence-corrected chi connectivity index (χ0v) is 13.7. The van der Waals surface area contributed by atoms with Gasteiger partial charge in [0.15, 0.2) is 11.6 Å². The highest BCUT2D eigenvalue weighted by Gasteiger charge is 2.13. The third-order valence-corrected chi connectivity index (χ3v) is 3.84. The zero-order valence-electron chi connectivity index (χ0n) is 12.2. The summed E-state index contributed by atoms with van der Waals surface area (Å²) in [6.07, 6.45) is 4.82. The molecule has 3 rings (SSSR count). The van der Waals surface area contributed by atoms with Crippen molar-refractivity contribution in [2.75, 3.05) is 17.6 Å². The third kappa shape index (κ3) is 3.09. The van der Waals surface area contributed by atoms with E-state index < -0.39 is 0 Å². The van der Waals surface area contributed by atoms with Crippen molar-refractivity contribution in [2.45, 2.75) is 0 Å². The van der Waals surface area contributed by atoms with Crippen LogP contribution in [0.15, 0.2) is 53.9 Å². The predicted molar refractivity (Wildman–Crippen MR) is 94.6 cm³/mol. The van der Waals surface area contributed by atoms with Crippen molar-refractivity contribution in [3.8, 4) is 11.6 Å². The van der Waals surface area contributed by atoms with Gasteiger partial charge in [-0.3, -0.25) is 4.98 Å². The van der Waals surface area contributed by atoms with Crippen molar-refractivity contribution >= 4 is 38.3 Å². The Kier molecular flexibility index (Phi) is 4.38. The second-order valence-corrected chi connectivity index (χ2v) is 5.51. The normalized spacial score (nSPS) is 10.5. The van der Waals surface area contributed by atoms with Crippen molar-refractivity contribution in [3.63, 3.8) is 0 Å². The molecular weight excluding hydrogens is 358 g/mol. The van der Waals surface area contributed by atoms with Crippen LogP contribution in [0.25, 0.3) is 10.9 Å². The van der Waals surface area contributed by atoms with Crippen LogP contribution in [0.5, 0.6) is 11.6 Å². The lowest BCUT2D eigenvalue weighted by atomic mass is 10.2. The van der Waals surface area contributed by atoms with Crippen LogP contribution in [0, 0.1) is 0 Å². The van der Waals surface area contributed by atoms with Crippen LogP contribution in [0.3, 0.4) is 0 Å². The molecule has 0 fully saturated rings. The van der Waals surface area contributed by atoms with Crippen molar-refractivity contribution in [1.82, 2.24) is 15.0 Å². The molecular formula is C16H14BrN5O. The van der Waals surface area contributed by atoms with Gasteiger partial charge in [-0.2, -0.15) is 4.98 Å². The minimum absolute atomic E-state index is 0.279. The fourth-order valence-electron chi connectivity index (χ4n) is 2.07. The van der Waals surface area contributed by atoms with Gasteiger partial charge in [0.2, 0.25) is 5.88 Å². The lowest BCUT2D eigenvalue weighted by Crippen LogP contribution is -2.06. The molecule has 0 saturated carbocycles. The molecule has 0 aliphatic carbocycles. The highest BCUT2D eigenvalue weighted by atomic mass is 79.9. The van der Waals surface area contributed by atoms with Crippen LogP contribution in [-0.2, 0) is 0 Å². The van der Waals surface area contributed by atoms with Crippen LogP contribution in [0.2, 0.25) is 0 Å². The highest BCUT2D eigenvalue weighted by Crippen LogP contribution is 2.35. The summed E-state index contributed by atoms with van der Waals surface area (Å²) in [5.41, 5.74) is 7.13. The van der Waals surface area contributed by atoms with E-state index in [1.54, 1.807) is 12.3 Å². The summed E-state index contributed by atoms with van der Waals surface area (Å²) in [4.78, 5) is 12.6. The predicted octanol–water partition coefficient (Wildman–Crippen LogP) is 3.76. The molecule has 7 heteroatoms.